The van der Waals surface area contributed by atoms with Gasteiger partial charge in [-0.25, -0.2) is 8.42 Å². The lowest BCUT2D eigenvalue weighted by Crippen LogP contribution is -2.45. The number of carbonyl (C=O) groups excluding carboxylic acids is 2. The monoisotopic (exact) mass is 350 g/mol. The second kappa shape index (κ2) is 5.88. The van der Waals surface area contributed by atoms with Crippen LogP contribution in [0.5, 0.6) is 0 Å². The van der Waals surface area contributed by atoms with Crippen molar-refractivity contribution in [1.29, 1.82) is 0 Å². The lowest BCUT2D eigenvalue weighted by atomic mass is 10.0. The number of amides is 2. The van der Waals surface area contributed by atoms with Crippen molar-refractivity contribution in [3.8, 4) is 0 Å². The van der Waals surface area contributed by atoms with E-state index >= 15 is 0 Å². The fraction of sp³-hybridized carbons (Fsp3) is 0.529. The molecule has 0 radical (unpaired) electrons. The number of sulfone groups is 1. The predicted octanol–water partition coefficient (Wildman–Crippen LogP) is 1.33. The molecule has 1 atom stereocenters. The first-order valence-corrected chi connectivity index (χ1v) is 9.94. The molecular formula is C17H22N2O4S. The van der Waals surface area contributed by atoms with E-state index < -0.39 is 15.3 Å². The Morgan fingerprint density at radius 1 is 1.12 bits per heavy atom. The Morgan fingerprint density at radius 3 is 2.38 bits per heavy atom. The number of hydrogen-bond acceptors (Lipinski definition) is 4. The summed E-state index contributed by atoms with van der Waals surface area (Å²) in [6.45, 7) is 3.96. The summed E-state index contributed by atoms with van der Waals surface area (Å²) in [6, 6.07) is 5.24. The van der Waals surface area contributed by atoms with Crippen LogP contribution in [0.2, 0.25) is 0 Å². The second-order valence-electron chi connectivity index (χ2n) is 6.91. The summed E-state index contributed by atoms with van der Waals surface area (Å²) < 4.78 is 23.0. The van der Waals surface area contributed by atoms with Gasteiger partial charge in [-0.3, -0.25) is 9.59 Å². The van der Waals surface area contributed by atoms with Crippen molar-refractivity contribution in [2.45, 2.75) is 39.2 Å². The van der Waals surface area contributed by atoms with Crippen LogP contribution < -0.4 is 10.6 Å². The highest BCUT2D eigenvalue weighted by Gasteiger charge is 2.57. The summed E-state index contributed by atoms with van der Waals surface area (Å²) in [6.07, 6.45) is 1.41. The minimum absolute atomic E-state index is 0.0341. The fourth-order valence-electron chi connectivity index (χ4n) is 2.98. The standard InChI is InChI=1S/C17H22N2O4S/c1-11-3-4-13(9-12(11)2)18-15(20)17(6-7-17)16(21)19-14-5-8-24(22,23)10-14/h3-4,9,14H,5-8,10H2,1-2H3,(H,18,20)(H,19,21). The van der Waals surface area contributed by atoms with Crippen molar-refractivity contribution < 1.29 is 18.0 Å². The maximum absolute atomic E-state index is 12.5. The van der Waals surface area contributed by atoms with E-state index in [1.807, 2.05) is 32.0 Å². The molecule has 1 heterocycles. The van der Waals surface area contributed by atoms with Crippen molar-refractivity contribution in [1.82, 2.24) is 5.32 Å². The van der Waals surface area contributed by atoms with Crippen LogP contribution >= 0.6 is 0 Å². The van der Waals surface area contributed by atoms with Gasteiger partial charge in [-0.05, 0) is 56.4 Å². The molecule has 1 unspecified atom stereocenters. The molecule has 1 saturated heterocycles. The number of nitrogens with one attached hydrogen (secondary N) is 2. The van der Waals surface area contributed by atoms with E-state index in [1.54, 1.807) is 0 Å². The SMILES string of the molecule is Cc1ccc(NC(=O)C2(C(=O)NC3CCS(=O)(=O)C3)CC2)cc1C. The van der Waals surface area contributed by atoms with Gasteiger partial charge in [-0.1, -0.05) is 6.07 Å². The van der Waals surface area contributed by atoms with Gasteiger partial charge in [0, 0.05) is 11.7 Å². The van der Waals surface area contributed by atoms with E-state index in [2.05, 4.69) is 10.6 Å². The molecule has 7 heteroatoms. The molecule has 0 spiro atoms. The molecule has 0 aromatic heterocycles. The van der Waals surface area contributed by atoms with Gasteiger partial charge in [0.2, 0.25) is 11.8 Å². The number of hydrogen-bond donors (Lipinski definition) is 2. The maximum Gasteiger partial charge on any atom is 0.240 e. The fourth-order valence-corrected chi connectivity index (χ4v) is 4.66. The molecule has 6 nitrogen and oxygen atoms in total. The molecule has 1 aromatic rings. The van der Waals surface area contributed by atoms with E-state index in [4.69, 9.17) is 0 Å². The number of benzene rings is 1. The molecule has 2 amide bonds. The van der Waals surface area contributed by atoms with Gasteiger partial charge in [-0.15, -0.1) is 0 Å². The van der Waals surface area contributed by atoms with Gasteiger partial charge in [0.15, 0.2) is 9.84 Å². The Balaban J connectivity index is 1.65. The zero-order chi connectivity index (χ0) is 17.5. The molecule has 1 aromatic carbocycles. The molecular weight excluding hydrogens is 328 g/mol. The third kappa shape index (κ3) is 3.31. The summed E-state index contributed by atoms with van der Waals surface area (Å²) in [5.74, 6) is -0.608. The van der Waals surface area contributed by atoms with Crippen molar-refractivity contribution in [3.05, 3.63) is 29.3 Å². The number of aryl methyl sites for hydroxylation is 2. The molecule has 1 aliphatic carbocycles. The Kier molecular flexibility index (Phi) is 4.15. The van der Waals surface area contributed by atoms with E-state index in [-0.39, 0.29) is 29.4 Å². The summed E-state index contributed by atoms with van der Waals surface area (Å²) in [5.41, 5.74) is 1.82. The molecule has 3 rings (SSSR count). The van der Waals surface area contributed by atoms with Crippen LogP contribution in [0, 0.1) is 19.3 Å². The molecule has 2 N–H and O–H groups in total. The van der Waals surface area contributed by atoms with Crippen LogP contribution in [0.4, 0.5) is 5.69 Å². The maximum atomic E-state index is 12.5. The van der Waals surface area contributed by atoms with Crippen molar-refractivity contribution >= 4 is 27.3 Å². The van der Waals surface area contributed by atoms with Gasteiger partial charge < -0.3 is 10.6 Å². The number of anilines is 1. The van der Waals surface area contributed by atoms with Crippen LogP contribution in [0.1, 0.15) is 30.4 Å². The Morgan fingerprint density at radius 2 is 1.83 bits per heavy atom. The van der Waals surface area contributed by atoms with Crippen molar-refractivity contribution in [2.75, 3.05) is 16.8 Å². The smallest absolute Gasteiger partial charge is 0.240 e. The van der Waals surface area contributed by atoms with Gasteiger partial charge in [-0.2, -0.15) is 0 Å². The predicted molar refractivity (Wildman–Crippen MR) is 91.4 cm³/mol. The largest absolute Gasteiger partial charge is 0.351 e. The lowest BCUT2D eigenvalue weighted by molar-refractivity contribution is -0.134. The van der Waals surface area contributed by atoms with Gasteiger partial charge in [0.05, 0.1) is 11.5 Å². The molecule has 1 saturated carbocycles. The molecule has 0 bridgehead atoms. The number of carbonyl (C=O) groups is 2. The third-order valence-corrected chi connectivity index (χ3v) is 6.72. The van der Waals surface area contributed by atoms with Gasteiger partial charge in [0.1, 0.15) is 5.41 Å². The summed E-state index contributed by atoms with van der Waals surface area (Å²) in [7, 11) is -3.06. The lowest BCUT2D eigenvalue weighted by Gasteiger charge is -2.18. The number of rotatable bonds is 4. The normalized spacial score (nSPS) is 23.5. The van der Waals surface area contributed by atoms with Crippen LogP contribution in [0.25, 0.3) is 0 Å². The summed E-state index contributed by atoms with van der Waals surface area (Å²) in [5, 5.41) is 5.56. The Labute approximate surface area is 141 Å². The quantitative estimate of drug-likeness (QED) is 0.801. The first kappa shape index (κ1) is 17.0. The van der Waals surface area contributed by atoms with Crippen molar-refractivity contribution in [3.63, 3.8) is 0 Å². The van der Waals surface area contributed by atoms with Crippen LogP contribution in [0.15, 0.2) is 18.2 Å². The minimum Gasteiger partial charge on any atom is -0.351 e. The summed E-state index contributed by atoms with van der Waals surface area (Å²) in [4.78, 5) is 25.0. The topological polar surface area (TPSA) is 92.3 Å². The average molecular weight is 350 g/mol. The summed E-state index contributed by atoms with van der Waals surface area (Å²) >= 11 is 0. The van der Waals surface area contributed by atoms with Gasteiger partial charge >= 0.3 is 0 Å². The van der Waals surface area contributed by atoms with Gasteiger partial charge in [0.25, 0.3) is 0 Å². The molecule has 1 aliphatic heterocycles. The van der Waals surface area contributed by atoms with Crippen molar-refractivity contribution in [2.24, 2.45) is 5.41 Å². The van der Waals surface area contributed by atoms with Crippen LogP contribution in [0.3, 0.4) is 0 Å². The first-order valence-electron chi connectivity index (χ1n) is 8.12. The Hall–Kier alpha value is -1.89. The zero-order valence-corrected chi connectivity index (χ0v) is 14.7. The highest BCUT2D eigenvalue weighted by molar-refractivity contribution is 7.91. The molecule has 2 aliphatic rings. The molecule has 2 fully saturated rings. The molecule has 24 heavy (non-hydrogen) atoms. The third-order valence-electron chi connectivity index (χ3n) is 4.95. The van der Waals surface area contributed by atoms with E-state index in [1.165, 1.54) is 0 Å². The highest BCUT2D eigenvalue weighted by atomic mass is 32.2. The highest BCUT2D eigenvalue weighted by Crippen LogP contribution is 2.47. The second-order valence-corrected chi connectivity index (χ2v) is 9.14. The average Bonchev–Trinajstić information content (AvgIpc) is 3.24. The van der Waals surface area contributed by atoms with Crippen LogP contribution in [-0.4, -0.2) is 37.8 Å². The first-order chi connectivity index (χ1) is 11.2. The van der Waals surface area contributed by atoms with E-state index in [0.717, 1.165) is 11.1 Å². The Bertz CT molecular complexity index is 797. The van der Waals surface area contributed by atoms with Crippen LogP contribution in [-0.2, 0) is 19.4 Å². The van der Waals surface area contributed by atoms with E-state index in [0.29, 0.717) is 24.9 Å². The zero-order valence-electron chi connectivity index (χ0n) is 13.9. The molecule has 130 valence electrons. The van der Waals surface area contributed by atoms with E-state index in [9.17, 15) is 18.0 Å². The minimum atomic E-state index is -3.06.